The Hall–Kier alpha value is -1.77. The highest BCUT2D eigenvalue weighted by atomic mass is 16.5. The Morgan fingerprint density at radius 2 is 2.00 bits per heavy atom. The summed E-state index contributed by atoms with van der Waals surface area (Å²) in [6, 6.07) is 4.10. The van der Waals surface area contributed by atoms with E-state index in [-0.39, 0.29) is 0 Å². The van der Waals surface area contributed by atoms with Gasteiger partial charge in [0.1, 0.15) is 5.76 Å². The molecule has 0 unspecified atom stereocenters. The van der Waals surface area contributed by atoms with E-state index in [1.807, 2.05) is 26.0 Å². The van der Waals surface area contributed by atoms with Gasteiger partial charge >= 0.3 is 0 Å². The molecular formula is C13H16N2O. The normalized spacial score (nSPS) is 11.5. The van der Waals surface area contributed by atoms with Crippen molar-refractivity contribution >= 4 is 6.08 Å². The van der Waals surface area contributed by atoms with Gasteiger partial charge in [-0.25, -0.2) is 0 Å². The largest absolute Gasteiger partial charge is 0.360 e. The molecule has 0 aliphatic heterocycles. The van der Waals surface area contributed by atoms with Gasteiger partial charge in [-0.05, 0) is 39.3 Å². The van der Waals surface area contributed by atoms with Crippen LogP contribution in [-0.2, 0) is 0 Å². The molecule has 0 bridgehead atoms. The van der Waals surface area contributed by atoms with Crippen molar-refractivity contribution in [2.75, 3.05) is 0 Å². The van der Waals surface area contributed by atoms with E-state index in [1.165, 1.54) is 17.0 Å². The lowest BCUT2D eigenvalue weighted by molar-refractivity contribution is 0.394. The van der Waals surface area contributed by atoms with Gasteiger partial charge in [-0.1, -0.05) is 17.3 Å². The maximum Gasteiger partial charge on any atom is 0.180 e. The molecule has 0 spiro atoms. The Labute approximate surface area is 95.4 Å². The molecule has 2 rings (SSSR count). The van der Waals surface area contributed by atoms with Gasteiger partial charge in [-0.2, -0.15) is 0 Å². The number of aromatic nitrogens is 2. The second-order valence-corrected chi connectivity index (χ2v) is 3.96. The maximum absolute atomic E-state index is 5.11. The van der Waals surface area contributed by atoms with E-state index in [9.17, 15) is 0 Å². The van der Waals surface area contributed by atoms with E-state index in [0.29, 0.717) is 0 Å². The van der Waals surface area contributed by atoms with Crippen molar-refractivity contribution in [2.45, 2.75) is 27.7 Å². The average molecular weight is 216 g/mol. The number of nitrogens with zero attached hydrogens (tertiary/aromatic N) is 2. The van der Waals surface area contributed by atoms with Crippen molar-refractivity contribution in [3.05, 3.63) is 40.9 Å². The van der Waals surface area contributed by atoms with Gasteiger partial charge in [0, 0.05) is 17.5 Å². The first-order chi connectivity index (χ1) is 7.63. The molecule has 16 heavy (non-hydrogen) atoms. The van der Waals surface area contributed by atoms with E-state index in [2.05, 4.69) is 35.7 Å². The molecule has 2 heterocycles. The van der Waals surface area contributed by atoms with Crippen LogP contribution < -0.4 is 0 Å². The Morgan fingerprint density at radius 3 is 2.56 bits per heavy atom. The molecule has 0 radical (unpaired) electrons. The molecular weight excluding hydrogens is 200 g/mol. The van der Waals surface area contributed by atoms with Crippen molar-refractivity contribution in [1.29, 1.82) is 0 Å². The highest BCUT2D eigenvalue weighted by molar-refractivity contribution is 5.55. The molecule has 0 aliphatic carbocycles. The van der Waals surface area contributed by atoms with E-state index in [0.717, 1.165) is 11.6 Å². The summed E-state index contributed by atoms with van der Waals surface area (Å²) in [5, 5.41) is 4.05. The zero-order valence-corrected chi connectivity index (χ0v) is 10.1. The van der Waals surface area contributed by atoms with Crippen molar-refractivity contribution in [1.82, 2.24) is 9.72 Å². The summed E-state index contributed by atoms with van der Waals surface area (Å²) in [5.41, 5.74) is 3.57. The minimum atomic E-state index is 0.829. The first-order valence-corrected chi connectivity index (χ1v) is 5.39. The third-order valence-electron chi connectivity index (χ3n) is 2.66. The zero-order chi connectivity index (χ0) is 11.7. The van der Waals surface area contributed by atoms with E-state index >= 15 is 0 Å². The average Bonchev–Trinajstić information content (AvgIpc) is 2.74. The summed E-state index contributed by atoms with van der Waals surface area (Å²) in [6.45, 7) is 8.08. The van der Waals surface area contributed by atoms with Gasteiger partial charge in [0.05, 0.1) is 0 Å². The van der Waals surface area contributed by atoms with Gasteiger partial charge in [0.2, 0.25) is 0 Å². The van der Waals surface area contributed by atoms with E-state index in [1.54, 1.807) is 0 Å². The molecule has 0 aliphatic rings. The van der Waals surface area contributed by atoms with Crippen LogP contribution in [0.3, 0.4) is 0 Å². The van der Waals surface area contributed by atoms with Crippen molar-refractivity contribution < 1.29 is 4.52 Å². The number of rotatable bonds is 2. The van der Waals surface area contributed by atoms with Gasteiger partial charge in [-0.15, -0.1) is 0 Å². The Kier molecular flexibility index (Phi) is 2.69. The molecule has 0 atom stereocenters. The molecule has 0 N–H and O–H groups in total. The second kappa shape index (κ2) is 4.00. The van der Waals surface area contributed by atoms with Gasteiger partial charge < -0.3 is 4.52 Å². The van der Waals surface area contributed by atoms with Crippen molar-refractivity contribution in [3.8, 4) is 5.82 Å². The zero-order valence-electron chi connectivity index (χ0n) is 10.1. The van der Waals surface area contributed by atoms with Crippen LogP contribution in [-0.4, -0.2) is 9.72 Å². The van der Waals surface area contributed by atoms with Crippen molar-refractivity contribution in [3.63, 3.8) is 0 Å². The van der Waals surface area contributed by atoms with Crippen LogP contribution >= 0.6 is 0 Å². The fraction of sp³-hybridized carbons (Fsp3) is 0.308. The summed E-state index contributed by atoms with van der Waals surface area (Å²) < 4.78 is 7.21. The van der Waals surface area contributed by atoms with Crippen molar-refractivity contribution in [2.24, 2.45) is 0 Å². The molecule has 0 fully saturated rings. The number of allylic oxidation sites excluding steroid dienone is 1. The monoisotopic (exact) mass is 216 g/mol. The quantitative estimate of drug-likeness (QED) is 0.770. The summed E-state index contributed by atoms with van der Waals surface area (Å²) in [4.78, 5) is 0. The lowest BCUT2D eigenvalue weighted by Gasteiger charge is -2.03. The highest BCUT2D eigenvalue weighted by Crippen LogP contribution is 2.21. The van der Waals surface area contributed by atoms with Crippen LogP contribution in [0.1, 0.15) is 29.6 Å². The number of hydrogen-bond donors (Lipinski definition) is 0. The first-order valence-electron chi connectivity index (χ1n) is 5.39. The fourth-order valence-corrected chi connectivity index (χ4v) is 1.95. The first kappa shape index (κ1) is 10.7. The lowest BCUT2D eigenvalue weighted by atomic mass is 10.2. The smallest absolute Gasteiger partial charge is 0.180 e. The molecule has 3 heteroatoms. The molecule has 2 aromatic rings. The predicted molar refractivity (Wildman–Crippen MR) is 64.7 cm³/mol. The molecule has 0 saturated carbocycles. The Balaban J connectivity index is 2.57. The van der Waals surface area contributed by atoms with Crippen LogP contribution in [0.25, 0.3) is 11.9 Å². The van der Waals surface area contributed by atoms with E-state index in [4.69, 9.17) is 4.52 Å². The van der Waals surface area contributed by atoms with E-state index < -0.39 is 0 Å². The van der Waals surface area contributed by atoms with Crippen LogP contribution in [0.15, 0.2) is 22.7 Å². The lowest BCUT2D eigenvalue weighted by Crippen LogP contribution is -1.98. The third kappa shape index (κ3) is 1.69. The molecule has 0 amide bonds. The highest BCUT2D eigenvalue weighted by Gasteiger charge is 2.11. The Bertz CT molecular complexity index is 532. The van der Waals surface area contributed by atoms with Gasteiger partial charge in [-0.3, -0.25) is 4.57 Å². The SMILES string of the molecule is C/C=C/c1cc(C)n(-c2cc(C)on2)c1C. The fourth-order valence-electron chi connectivity index (χ4n) is 1.95. The van der Waals surface area contributed by atoms with Gasteiger partial charge in [0.15, 0.2) is 5.82 Å². The van der Waals surface area contributed by atoms with Crippen LogP contribution in [0, 0.1) is 20.8 Å². The summed E-state index contributed by atoms with van der Waals surface area (Å²) >= 11 is 0. The minimum absolute atomic E-state index is 0.829. The van der Waals surface area contributed by atoms with Crippen LogP contribution in [0.4, 0.5) is 0 Å². The summed E-state index contributed by atoms with van der Waals surface area (Å²) in [7, 11) is 0. The second-order valence-electron chi connectivity index (χ2n) is 3.96. The Morgan fingerprint density at radius 1 is 1.25 bits per heavy atom. The summed E-state index contributed by atoms with van der Waals surface area (Å²) in [6.07, 6.45) is 4.14. The topological polar surface area (TPSA) is 31.0 Å². The molecule has 0 saturated heterocycles. The van der Waals surface area contributed by atoms with Crippen LogP contribution in [0.5, 0.6) is 0 Å². The number of aryl methyl sites for hydroxylation is 2. The predicted octanol–water partition coefficient (Wildman–Crippen LogP) is 3.42. The summed E-state index contributed by atoms with van der Waals surface area (Å²) in [5.74, 6) is 1.68. The number of hydrogen-bond acceptors (Lipinski definition) is 2. The maximum atomic E-state index is 5.11. The molecule has 84 valence electrons. The molecule has 3 nitrogen and oxygen atoms in total. The van der Waals surface area contributed by atoms with Gasteiger partial charge in [0.25, 0.3) is 0 Å². The van der Waals surface area contributed by atoms with Crippen LogP contribution in [0.2, 0.25) is 0 Å². The minimum Gasteiger partial charge on any atom is -0.360 e. The molecule has 2 aromatic heterocycles. The molecule has 0 aromatic carbocycles. The standard InChI is InChI=1S/C13H16N2O/c1-5-6-12-7-9(2)15(11(12)4)13-8-10(3)16-14-13/h5-8H,1-4H3/b6-5+. The third-order valence-corrected chi connectivity index (χ3v) is 2.66.